The van der Waals surface area contributed by atoms with Crippen LogP contribution in [0, 0.1) is 0 Å². The molecule has 0 unspecified atom stereocenters. The molecule has 0 heterocycles. The standard InChI is InChI=1S/C13H16F3N3O2.ClH/c1-2-19(12(21)7-17)8-11(20)18-10-6-4-3-5-9(10)13(14,15)16;/h3-6H,2,7-8,17H2,1H3,(H,18,20);1H. The highest BCUT2D eigenvalue weighted by Gasteiger charge is 2.33. The van der Waals surface area contributed by atoms with Crippen molar-refractivity contribution in [2.75, 3.05) is 25.0 Å². The fourth-order valence-electron chi connectivity index (χ4n) is 1.71. The fraction of sp³-hybridized carbons (Fsp3) is 0.385. The minimum atomic E-state index is -4.57. The van der Waals surface area contributed by atoms with Crippen molar-refractivity contribution in [3.8, 4) is 0 Å². The number of nitrogens with two attached hydrogens (primary N) is 1. The lowest BCUT2D eigenvalue weighted by atomic mass is 10.1. The van der Waals surface area contributed by atoms with Gasteiger partial charge >= 0.3 is 6.18 Å². The largest absolute Gasteiger partial charge is 0.418 e. The maximum Gasteiger partial charge on any atom is 0.418 e. The van der Waals surface area contributed by atoms with E-state index < -0.39 is 23.6 Å². The Labute approximate surface area is 132 Å². The van der Waals surface area contributed by atoms with Crippen molar-refractivity contribution in [3.05, 3.63) is 29.8 Å². The quantitative estimate of drug-likeness (QED) is 0.860. The number of rotatable bonds is 5. The van der Waals surface area contributed by atoms with Crippen LogP contribution >= 0.6 is 12.4 Å². The maximum absolute atomic E-state index is 12.8. The van der Waals surface area contributed by atoms with E-state index in [-0.39, 0.29) is 37.7 Å². The van der Waals surface area contributed by atoms with E-state index in [1.807, 2.05) is 0 Å². The molecule has 2 amide bonds. The predicted octanol–water partition coefficient (Wildman–Crippen LogP) is 1.87. The molecular formula is C13H17ClF3N3O2. The smallest absolute Gasteiger partial charge is 0.333 e. The van der Waals surface area contributed by atoms with Gasteiger partial charge in [0.15, 0.2) is 0 Å². The van der Waals surface area contributed by atoms with Crippen LogP contribution in [0.2, 0.25) is 0 Å². The Balaban J connectivity index is 0.00000441. The Morgan fingerprint density at radius 1 is 1.27 bits per heavy atom. The Morgan fingerprint density at radius 2 is 1.86 bits per heavy atom. The van der Waals surface area contributed by atoms with E-state index >= 15 is 0 Å². The van der Waals surface area contributed by atoms with Crippen molar-refractivity contribution in [2.45, 2.75) is 13.1 Å². The molecule has 0 saturated heterocycles. The number of hydrogen-bond donors (Lipinski definition) is 2. The molecule has 0 saturated carbocycles. The first kappa shape index (κ1) is 20.2. The number of nitrogens with zero attached hydrogens (tertiary/aromatic N) is 1. The molecule has 0 aromatic heterocycles. The first-order valence-electron chi connectivity index (χ1n) is 6.23. The third-order valence-corrected chi connectivity index (χ3v) is 2.75. The second-order valence-corrected chi connectivity index (χ2v) is 4.20. The summed E-state index contributed by atoms with van der Waals surface area (Å²) in [6.07, 6.45) is -4.57. The van der Waals surface area contributed by atoms with Gasteiger partial charge in [-0.2, -0.15) is 13.2 Å². The topological polar surface area (TPSA) is 75.4 Å². The number of carbonyl (C=O) groups excluding carboxylic acids is 2. The highest BCUT2D eigenvalue weighted by Crippen LogP contribution is 2.34. The molecule has 0 bridgehead atoms. The molecule has 0 atom stereocenters. The zero-order chi connectivity index (χ0) is 16.0. The van der Waals surface area contributed by atoms with Gasteiger partial charge in [-0.15, -0.1) is 12.4 Å². The molecular weight excluding hydrogens is 323 g/mol. The number of alkyl halides is 3. The number of amides is 2. The number of nitrogens with one attached hydrogen (secondary N) is 1. The lowest BCUT2D eigenvalue weighted by Crippen LogP contribution is -2.41. The minimum Gasteiger partial charge on any atom is -0.333 e. The van der Waals surface area contributed by atoms with Gasteiger partial charge in [0, 0.05) is 6.54 Å². The number of carbonyl (C=O) groups is 2. The number of hydrogen-bond acceptors (Lipinski definition) is 3. The molecule has 22 heavy (non-hydrogen) atoms. The summed E-state index contributed by atoms with van der Waals surface area (Å²) in [6.45, 7) is 1.27. The van der Waals surface area contributed by atoms with Gasteiger partial charge in [-0.25, -0.2) is 0 Å². The molecule has 0 fully saturated rings. The highest BCUT2D eigenvalue weighted by atomic mass is 35.5. The van der Waals surface area contributed by atoms with Gasteiger partial charge in [-0.05, 0) is 19.1 Å². The van der Waals surface area contributed by atoms with E-state index in [9.17, 15) is 22.8 Å². The van der Waals surface area contributed by atoms with Crippen molar-refractivity contribution < 1.29 is 22.8 Å². The molecule has 0 aliphatic carbocycles. The number of anilines is 1. The first-order valence-corrected chi connectivity index (χ1v) is 6.23. The van der Waals surface area contributed by atoms with Crippen molar-refractivity contribution in [1.82, 2.24) is 4.90 Å². The summed E-state index contributed by atoms with van der Waals surface area (Å²) in [5.41, 5.74) is 3.91. The molecule has 5 nitrogen and oxygen atoms in total. The van der Waals surface area contributed by atoms with E-state index in [4.69, 9.17) is 5.73 Å². The first-order chi connectivity index (χ1) is 9.79. The number of para-hydroxylation sites is 1. The van der Waals surface area contributed by atoms with Gasteiger partial charge in [0.2, 0.25) is 11.8 Å². The van der Waals surface area contributed by atoms with Crippen molar-refractivity contribution in [2.24, 2.45) is 5.73 Å². The van der Waals surface area contributed by atoms with E-state index in [1.165, 1.54) is 12.1 Å². The van der Waals surface area contributed by atoms with Crippen LogP contribution in [0.4, 0.5) is 18.9 Å². The van der Waals surface area contributed by atoms with Crippen LogP contribution in [0.5, 0.6) is 0 Å². The zero-order valence-corrected chi connectivity index (χ0v) is 12.6. The van der Waals surface area contributed by atoms with Crippen LogP contribution in [0.3, 0.4) is 0 Å². The number of benzene rings is 1. The minimum absolute atomic E-state index is 0. The summed E-state index contributed by atoms with van der Waals surface area (Å²) < 4.78 is 38.3. The van der Waals surface area contributed by atoms with Crippen molar-refractivity contribution >= 4 is 29.9 Å². The summed E-state index contributed by atoms with van der Waals surface area (Å²) in [6, 6.07) is 4.64. The Morgan fingerprint density at radius 3 is 2.36 bits per heavy atom. The predicted molar refractivity (Wildman–Crippen MR) is 78.6 cm³/mol. The molecule has 1 aromatic carbocycles. The molecule has 9 heteroatoms. The lowest BCUT2D eigenvalue weighted by Gasteiger charge is -2.20. The molecule has 0 spiro atoms. The average molecular weight is 340 g/mol. The van der Waals surface area contributed by atoms with Gasteiger partial charge in [-0.3, -0.25) is 9.59 Å². The monoisotopic (exact) mass is 339 g/mol. The van der Waals surface area contributed by atoms with E-state index in [1.54, 1.807) is 6.92 Å². The molecule has 1 rings (SSSR count). The van der Waals surface area contributed by atoms with E-state index in [0.29, 0.717) is 0 Å². The van der Waals surface area contributed by atoms with Gasteiger partial charge in [-0.1, -0.05) is 12.1 Å². The van der Waals surface area contributed by atoms with Crippen LogP contribution in [-0.2, 0) is 15.8 Å². The van der Waals surface area contributed by atoms with Crippen molar-refractivity contribution in [1.29, 1.82) is 0 Å². The Bertz CT molecular complexity index is 523. The average Bonchev–Trinajstić information content (AvgIpc) is 2.43. The Hall–Kier alpha value is -1.80. The number of halogens is 4. The lowest BCUT2D eigenvalue weighted by molar-refractivity contribution is -0.137. The van der Waals surface area contributed by atoms with Gasteiger partial charge in [0.05, 0.1) is 24.3 Å². The van der Waals surface area contributed by atoms with Crippen LogP contribution < -0.4 is 11.1 Å². The molecule has 0 aliphatic heterocycles. The number of likely N-dealkylation sites (N-methyl/N-ethyl adjacent to an activating group) is 1. The summed E-state index contributed by atoms with van der Waals surface area (Å²) in [5, 5.41) is 2.17. The second-order valence-electron chi connectivity index (χ2n) is 4.20. The van der Waals surface area contributed by atoms with Crippen LogP contribution in [-0.4, -0.2) is 36.3 Å². The van der Waals surface area contributed by atoms with Crippen LogP contribution in [0.1, 0.15) is 12.5 Å². The summed E-state index contributed by atoms with van der Waals surface area (Å²) >= 11 is 0. The van der Waals surface area contributed by atoms with E-state index in [0.717, 1.165) is 17.0 Å². The van der Waals surface area contributed by atoms with Gasteiger partial charge in [0.25, 0.3) is 0 Å². The summed E-state index contributed by atoms with van der Waals surface area (Å²) in [7, 11) is 0. The molecule has 1 aromatic rings. The maximum atomic E-state index is 12.8. The third kappa shape index (κ3) is 5.53. The van der Waals surface area contributed by atoms with E-state index in [2.05, 4.69) is 5.32 Å². The SMILES string of the molecule is CCN(CC(=O)Nc1ccccc1C(F)(F)F)C(=O)CN.Cl. The molecule has 124 valence electrons. The third-order valence-electron chi connectivity index (χ3n) is 2.75. The molecule has 0 aliphatic rings. The Kier molecular flexibility index (Phi) is 7.89. The highest BCUT2D eigenvalue weighted by molar-refractivity contribution is 5.95. The van der Waals surface area contributed by atoms with Crippen LogP contribution in [0.15, 0.2) is 24.3 Å². The molecule has 3 N–H and O–H groups in total. The summed E-state index contributed by atoms with van der Waals surface area (Å²) in [4.78, 5) is 24.3. The molecule has 0 radical (unpaired) electrons. The zero-order valence-electron chi connectivity index (χ0n) is 11.8. The normalized spacial score (nSPS) is 10.6. The van der Waals surface area contributed by atoms with Gasteiger partial charge in [0.1, 0.15) is 0 Å². The van der Waals surface area contributed by atoms with Gasteiger partial charge < -0.3 is 16.0 Å². The van der Waals surface area contributed by atoms with Crippen molar-refractivity contribution in [3.63, 3.8) is 0 Å². The summed E-state index contributed by atoms with van der Waals surface area (Å²) in [5.74, 6) is -1.16. The second kappa shape index (κ2) is 8.60. The fourth-order valence-corrected chi connectivity index (χ4v) is 1.71. The van der Waals surface area contributed by atoms with Crippen LogP contribution in [0.25, 0.3) is 0 Å².